The molecule has 152 valence electrons. The molecule has 9 nitrogen and oxygen atoms in total. The molecule has 2 aromatic heterocycles. The number of hydrogen-bond acceptors (Lipinski definition) is 8. The monoisotopic (exact) mass is 440 g/mol. The summed E-state index contributed by atoms with van der Waals surface area (Å²) in [6.07, 6.45) is 1.56. The zero-order valence-electron chi connectivity index (χ0n) is 15.9. The summed E-state index contributed by atoms with van der Waals surface area (Å²) >= 11 is 6.70. The van der Waals surface area contributed by atoms with Gasteiger partial charge in [0.05, 0.1) is 14.2 Å². The first-order valence-electron chi connectivity index (χ1n) is 8.68. The number of methoxy groups -OCH3 is 2. The molecular formula is C19H16N6O3S2. The molecule has 0 fully saturated rings. The average molecular weight is 441 g/mol. The van der Waals surface area contributed by atoms with Gasteiger partial charge in [0.15, 0.2) is 5.11 Å². The molecule has 0 radical (unpaired) electrons. The van der Waals surface area contributed by atoms with Crippen LogP contribution >= 0.6 is 23.6 Å². The van der Waals surface area contributed by atoms with Crippen molar-refractivity contribution in [3.05, 3.63) is 54.4 Å². The largest absolute Gasteiger partial charge is 0.497 e. The minimum Gasteiger partial charge on any atom is -0.497 e. The maximum Gasteiger partial charge on any atom is 0.257 e. The molecule has 11 heteroatoms. The molecule has 4 rings (SSSR count). The highest BCUT2D eigenvalue weighted by Crippen LogP contribution is 2.26. The van der Waals surface area contributed by atoms with E-state index in [9.17, 15) is 4.79 Å². The topological polar surface area (TPSA) is 103 Å². The van der Waals surface area contributed by atoms with Crippen molar-refractivity contribution in [3.8, 4) is 22.1 Å². The molecule has 30 heavy (non-hydrogen) atoms. The maximum atomic E-state index is 12.5. The van der Waals surface area contributed by atoms with Crippen molar-refractivity contribution in [1.29, 1.82) is 0 Å². The molecule has 2 heterocycles. The number of thiocarbonyl (C=S) groups is 1. The van der Waals surface area contributed by atoms with Crippen LogP contribution in [0.1, 0.15) is 10.4 Å². The summed E-state index contributed by atoms with van der Waals surface area (Å²) in [7, 11) is 3.04. The van der Waals surface area contributed by atoms with E-state index in [2.05, 4.69) is 25.9 Å². The number of fused-ring (bicyclic) bond motifs is 1. The second-order valence-electron chi connectivity index (χ2n) is 6.05. The summed E-state index contributed by atoms with van der Waals surface area (Å²) in [6.45, 7) is 0. The molecule has 0 saturated carbocycles. The van der Waals surface area contributed by atoms with Crippen LogP contribution in [0.2, 0.25) is 0 Å². The molecule has 0 unspecified atom stereocenters. The van der Waals surface area contributed by atoms with E-state index in [1.165, 1.54) is 25.6 Å². The van der Waals surface area contributed by atoms with Gasteiger partial charge in [-0.1, -0.05) is 11.3 Å². The molecule has 0 aliphatic rings. The Balaban J connectivity index is 1.41. The fourth-order valence-corrected chi connectivity index (χ4v) is 3.68. The molecule has 0 saturated heterocycles. The highest BCUT2D eigenvalue weighted by Gasteiger charge is 2.12. The van der Waals surface area contributed by atoms with Crippen molar-refractivity contribution in [1.82, 2.24) is 25.1 Å². The first-order chi connectivity index (χ1) is 14.6. The zero-order valence-corrected chi connectivity index (χ0v) is 17.6. The van der Waals surface area contributed by atoms with E-state index in [-0.39, 0.29) is 11.0 Å². The number of ether oxygens (including phenoxy) is 2. The van der Waals surface area contributed by atoms with Gasteiger partial charge in [0, 0.05) is 22.9 Å². The summed E-state index contributed by atoms with van der Waals surface area (Å²) in [5.41, 5.74) is 2.04. The smallest absolute Gasteiger partial charge is 0.257 e. The van der Waals surface area contributed by atoms with Gasteiger partial charge in [-0.2, -0.15) is 9.61 Å². The SMILES string of the molecule is COc1cc(OC)cc(C(=O)NC(=S)Nc2ccc(-c3nn4cnnc4s3)cc2)c1. The lowest BCUT2D eigenvalue weighted by Gasteiger charge is -2.11. The van der Waals surface area contributed by atoms with Gasteiger partial charge in [-0.05, 0) is 48.6 Å². The van der Waals surface area contributed by atoms with Gasteiger partial charge in [0.25, 0.3) is 5.91 Å². The van der Waals surface area contributed by atoms with Crippen LogP contribution in [0.5, 0.6) is 11.5 Å². The van der Waals surface area contributed by atoms with Gasteiger partial charge in [-0.15, -0.1) is 10.2 Å². The summed E-state index contributed by atoms with van der Waals surface area (Å²) in [5.74, 6) is 0.653. The minimum atomic E-state index is -0.374. The fourth-order valence-electron chi connectivity index (χ4n) is 2.65. The summed E-state index contributed by atoms with van der Waals surface area (Å²) in [6, 6.07) is 12.4. The van der Waals surface area contributed by atoms with E-state index in [1.54, 1.807) is 29.0 Å². The number of hydrogen-bond donors (Lipinski definition) is 2. The molecule has 0 atom stereocenters. The molecule has 0 aliphatic carbocycles. The molecule has 2 N–H and O–H groups in total. The Kier molecular flexibility index (Phi) is 5.55. The van der Waals surface area contributed by atoms with E-state index < -0.39 is 0 Å². The van der Waals surface area contributed by atoms with E-state index >= 15 is 0 Å². The predicted molar refractivity (Wildman–Crippen MR) is 117 cm³/mol. The Morgan fingerprint density at radius 3 is 2.43 bits per heavy atom. The van der Waals surface area contributed by atoms with Crippen LogP contribution in [0.3, 0.4) is 0 Å². The lowest BCUT2D eigenvalue weighted by molar-refractivity contribution is 0.0977. The number of carbonyl (C=O) groups is 1. The fraction of sp³-hybridized carbons (Fsp3) is 0.105. The van der Waals surface area contributed by atoms with Crippen LogP contribution in [-0.4, -0.2) is 45.1 Å². The van der Waals surface area contributed by atoms with Gasteiger partial charge < -0.3 is 14.8 Å². The molecule has 4 aromatic rings. The molecule has 0 bridgehead atoms. The highest BCUT2D eigenvalue weighted by atomic mass is 32.1. The first kappa shape index (κ1) is 19.7. The lowest BCUT2D eigenvalue weighted by atomic mass is 10.2. The number of benzene rings is 2. The molecule has 1 amide bonds. The third-order valence-electron chi connectivity index (χ3n) is 4.12. The Hall–Kier alpha value is -3.57. The Morgan fingerprint density at radius 2 is 1.80 bits per heavy atom. The Morgan fingerprint density at radius 1 is 1.10 bits per heavy atom. The summed E-state index contributed by atoms with van der Waals surface area (Å²) < 4.78 is 12.0. The van der Waals surface area contributed by atoms with Crippen LogP contribution < -0.4 is 20.1 Å². The molecule has 2 aromatic carbocycles. The van der Waals surface area contributed by atoms with Crippen LogP contribution in [0.4, 0.5) is 5.69 Å². The van der Waals surface area contributed by atoms with Crippen molar-refractivity contribution in [2.24, 2.45) is 0 Å². The summed E-state index contributed by atoms with van der Waals surface area (Å²) in [5, 5.41) is 18.8. The number of aromatic nitrogens is 4. The van der Waals surface area contributed by atoms with Crippen LogP contribution in [0, 0.1) is 0 Å². The standard InChI is InChI=1S/C19H16N6O3S2/c1-27-14-7-12(8-15(9-14)28-2)16(26)22-18(29)21-13-5-3-11(4-6-13)17-24-25-10-20-23-19(25)30-17/h3-10H,1-2H3,(H2,21,22,26,29). The third-order valence-corrected chi connectivity index (χ3v) is 5.28. The first-order valence-corrected chi connectivity index (χ1v) is 9.91. The van der Waals surface area contributed by atoms with E-state index in [1.807, 2.05) is 24.3 Å². The number of amides is 1. The van der Waals surface area contributed by atoms with Crippen molar-refractivity contribution in [3.63, 3.8) is 0 Å². The highest BCUT2D eigenvalue weighted by molar-refractivity contribution is 7.80. The minimum absolute atomic E-state index is 0.174. The molecule has 0 aliphatic heterocycles. The van der Waals surface area contributed by atoms with Crippen LogP contribution in [0.25, 0.3) is 15.5 Å². The lowest BCUT2D eigenvalue weighted by Crippen LogP contribution is -2.34. The average Bonchev–Trinajstić information content (AvgIpc) is 3.36. The van der Waals surface area contributed by atoms with Gasteiger partial charge in [0.2, 0.25) is 4.96 Å². The van der Waals surface area contributed by atoms with Crippen molar-refractivity contribution in [2.75, 3.05) is 19.5 Å². The Labute approximate surface area is 180 Å². The second-order valence-corrected chi connectivity index (χ2v) is 7.42. The van der Waals surface area contributed by atoms with Crippen molar-refractivity contribution in [2.45, 2.75) is 0 Å². The maximum absolute atomic E-state index is 12.5. The Bertz CT molecular complexity index is 1170. The summed E-state index contributed by atoms with van der Waals surface area (Å²) in [4.78, 5) is 13.2. The van der Waals surface area contributed by atoms with Crippen LogP contribution in [-0.2, 0) is 0 Å². The quantitative estimate of drug-likeness (QED) is 0.457. The number of anilines is 1. The van der Waals surface area contributed by atoms with Gasteiger partial charge in [-0.3, -0.25) is 10.1 Å². The predicted octanol–water partition coefficient (Wildman–Crippen LogP) is 3.00. The number of rotatable bonds is 5. The number of nitrogens with zero attached hydrogens (tertiary/aromatic N) is 4. The number of carbonyl (C=O) groups excluding carboxylic acids is 1. The van der Waals surface area contributed by atoms with Gasteiger partial charge in [0.1, 0.15) is 22.8 Å². The normalized spacial score (nSPS) is 10.6. The van der Waals surface area contributed by atoms with Crippen molar-refractivity contribution < 1.29 is 14.3 Å². The van der Waals surface area contributed by atoms with E-state index in [4.69, 9.17) is 21.7 Å². The molecule has 0 spiro atoms. The van der Waals surface area contributed by atoms with E-state index in [0.717, 1.165) is 21.2 Å². The van der Waals surface area contributed by atoms with Gasteiger partial charge in [-0.25, -0.2) is 0 Å². The zero-order chi connectivity index (χ0) is 21.1. The van der Waals surface area contributed by atoms with E-state index in [0.29, 0.717) is 17.1 Å². The van der Waals surface area contributed by atoms with Crippen molar-refractivity contribution >= 4 is 45.2 Å². The molecular weight excluding hydrogens is 424 g/mol. The third kappa shape index (κ3) is 4.21. The van der Waals surface area contributed by atoms with Gasteiger partial charge >= 0.3 is 0 Å². The second kappa shape index (κ2) is 8.43. The number of nitrogens with one attached hydrogen (secondary N) is 2. The van der Waals surface area contributed by atoms with Crippen LogP contribution in [0.15, 0.2) is 48.8 Å².